The van der Waals surface area contributed by atoms with Gasteiger partial charge in [-0.05, 0) is 64.4 Å². The maximum Gasteiger partial charge on any atom is 0.453 e. The molecule has 0 saturated heterocycles. The third kappa shape index (κ3) is 13.5. The van der Waals surface area contributed by atoms with Gasteiger partial charge in [0.2, 0.25) is 0 Å². The lowest BCUT2D eigenvalue weighted by Crippen LogP contribution is -2.55. The van der Waals surface area contributed by atoms with E-state index in [1.807, 2.05) is 0 Å². The summed E-state index contributed by atoms with van der Waals surface area (Å²) in [6, 6.07) is 5.61. The highest BCUT2D eigenvalue weighted by Crippen LogP contribution is 2.48. The summed E-state index contributed by atoms with van der Waals surface area (Å²) >= 11 is 0. The number of esters is 1. The molecule has 2 atom stereocenters. The molecule has 0 radical (unpaired) electrons. The molecule has 1 aromatic carbocycles. The number of methoxy groups -OCH3 is 2. The number of rotatable bonds is 23. The molecule has 0 aromatic heterocycles. The molecule has 0 aliphatic carbocycles. The van der Waals surface area contributed by atoms with E-state index in [1.54, 1.807) is 79.7 Å². The molecule has 0 fully saturated rings. The number of carbonyl (C=O) groups excluding carboxylic acids is 1. The second-order valence-corrected chi connectivity index (χ2v) is 24.7. The molecule has 1 aromatic rings. The van der Waals surface area contributed by atoms with Gasteiger partial charge in [0.15, 0.2) is 16.6 Å². The standard InChI is InChI=1S/C36H56F10O6Si2/c1-24(2)53(25(3)4,21-18-33(37,38)35(41,42)43)51-30(15-16-32(47)49-10)31(17-20-50-23-28-11-13-29(48-9)14-12-28)52-54(26(5)6,27(7)8)22-19-34(39,40)36(44,45)46/h11-16,24-27,30-31H,17-23H2,1-10H3/b16-15+/t30-,31-/m1/s1. The lowest BCUT2D eigenvalue weighted by molar-refractivity contribution is -0.283. The van der Waals surface area contributed by atoms with Crippen LogP contribution >= 0.6 is 0 Å². The third-order valence-electron chi connectivity index (χ3n) is 10.1. The van der Waals surface area contributed by atoms with Gasteiger partial charge in [-0.15, -0.1) is 0 Å². The van der Waals surface area contributed by atoms with E-state index >= 15 is 0 Å². The Morgan fingerprint density at radius 2 is 1.11 bits per heavy atom. The van der Waals surface area contributed by atoms with Gasteiger partial charge in [0.05, 0.1) is 33.0 Å². The highest BCUT2D eigenvalue weighted by Gasteiger charge is 2.60. The molecule has 0 bridgehead atoms. The molecule has 0 amide bonds. The van der Waals surface area contributed by atoms with Crippen molar-refractivity contribution in [1.82, 2.24) is 0 Å². The van der Waals surface area contributed by atoms with E-state index in [4.69, 9.17) is 23.1 Å². The topological polar surface area (TPSA) is 63.2 Å². The van der Waals surface area contributed by atoms with Crippen LogP contribution in [0.5, 0.6) is 5.75 Å². The second kappa shape index (κ2) is 20.3. The largest absolute Gasteiger partial charge is 0.497 e. The van der Waals surface area contributed by atoms with E-state index < -0.39 is 106 Å². The van der Waals surface area contributed by atoms with Crippen molar-refractivity contribution in [2.45, 2.75) is 152 Å². The maximum atomic E-state index is 14.4. The highest BCUT2D eigenvalue weighted by atomic mass is 28.4. The van der Waals surface area contributed by atoms with Crippen LogP contribution in [-0.4, -0.2) is 79.8 Å². The van der Waals surface area contributed by atoms with Crippen molar-refractivity contribution >= 4 is 22.6 Å². The Hall–Kier alpha value is -2.16. The molecule has 0 aliphatic heterocycles. The summed E-state index contributed by atoms with van der Waals surface area (Å²) in [5, 5.41) is 0. The van der Waals surface area contributed by atoms with Crippen molar-refractivity contribution in [3.63, 3.8) is 0 Å². The van der Waals surface area contributed by atoms with E-state index in [1.165, 1.54) is 13.2 Å². The summed E-state index contributed by atoms with van der Waals surface area (Å²) in [6.45, 7) is 13.1. The monoisotopic (exact) mass is 830 g/mol. The van der Waals surface area contributed by atoms with Gasteiger partial charge in [-0.25, -0.2) is 4.79 Å². The predicted octanol–water partition coefficient (Wildman–Crippen LogP) is 11.8. The fourth-order valence-corrected chi connectivity index (χ4v) is 15.8. The number of hydrogen-bond donors (Lipinski definition) is 0. The molecule has 6 nitrogen and oxygen atoms in total. The van der Waals surface area contributed by atoms with Crippen molar-refractivity contribution in [2.75, 3.05) is 20.8 Å². The Morgan fingerprint density at radius 1 is 0.685 bits per heavy atom. The average Bonchev–Trinajstić information content (AvgIpc) is 3.05. The SMILES string of the molecule is COC(=O)/C=C/[C@@H](O[Si](CCC(F)(F)C(F)(F)F)(C(C)C)C(C)C)[C@@H](CCOCc1ccc(OC)cc1)O[Si](CCC(F)(F)C(F)(F)F)(C(C)C)C(C)C. The predicted molar refractivity (Wildman–Crippen MR) is 191 cm³/mol. The molecule has 0 spiro atoms. The summed E-state index contributed by atoms with van der Waals surface area (Å²) in [5.74, 6) is -10.3. The van der Waals surface area contributed by atoms with E-state index in [0.29, 0.717) is 5.75 Å². The number of carbonyl (C=O) groups is 1. The van der Waals surface area contributed by atoms with Crippen LogP contribution in [0.4, 0.5) is 43.9 Å². The van der Waals surface area contributed by atoms with Crippen molar-refractivity contribution in [1.29, 1.82) is 0 Å². The normalized spacial score (nSPS) is 15.2. The van der Waals surface area contributed by atoms with Gasteiger partial charge in [-0.1, -0.05) is 67.5 Å². The second-order valence-electron chi connectivity index (χ2n) is 14.7. The first kappa shape index (κ1) is 49.9. The minimum atomic E-state index is -5.82. The van der Waals surface area contributed by atoms with Crippen LogP contribution in [0.2, 0.25) is 34.3 Å². The van der Waals surface area contributed by atoms with Crippen molar-refractivity contribution in [3.8, 4) is 5.75 Å². The molecule has 18 heteroatoms. The molecule has 314 valence electrons. The van der Waals surface area contributed by atoms with Gasteiger partial charge in [0.1, 0.15) is 5.75 Å². The quantitative estimate of drug-likeness (QED) is 0.0360. The molecular weight excluding hydrogens is 775 g/mol. The van der Waals surface area contributed by atoms with Gasteiger partial charge >= 0.3 is 30.2 Å². The lowest BCUT2D eigenvalue weighted by atomic mass is 10.1. The summed E-state index contributed by atoms with van der Waals surface area (Å²) < 4.78 is 167. The third-order valence-corrected chi connectivity index (χ3v) is 21.4. The number of ether oxygens (including phenoxy) is 3. The van der Waals surface area contributed by atoms with Gasteiger partial charge in [0, 0.05) is 25.5 Å². The first-order valence-corrected chi connectivity index (χ1v) is 22.4. The first-order valence-electron chi connectivity index (χ1n) is 17.8. The van der Waals surface area contributed by atoms with E-state index in [0.717, 1.165) is 18.7 Å². The molecule has 0 heterocycles. The zero-order valence-electron chi connectivity index (χ0n) is 32.6. The highest BCUT2D eigenvalue weighted by molar-refractivity contribution is 6.77. The minimum Gasteiger partial charge on any atom is -0.497 e. The molecular formula is C36H56F10O6Si2. The Labute approximate surface area is 314 Å². The van der Waals surface area contributed by atoms with Gasteiger partial charge < -0.3 is 23.1 Å². The zero-order chi connectivity index (χ0) is 41.9. The van der Waals surface area contributed by atoms with Crippen LogP contribution in [-0.2, 0) is 29.7 Å². The number of halogens is 10. The summed E-state index contributed by atoms with van der Waals surface area (Å²) in [4.78, 5) is 12.4. The fourth-order valence-electron chi connectivity index (χ4n) is 6.56. The van der Waals surface area contributed by atoms with Crippen molar-refractivity contribution in [3.05, 3.63) is 42.0 Å². The van der Waals surface area contributed by atoms with E-state index in [2.05, 4.69) is 0 Å². The van der Waals surface area contributed by atoms with Crippen molar-refractivity contribution in [2.24, 2.45) is 0 Å². The summed E-state index contributed by atoms with van der Waals surface area (Å²) in [7, 11) is -4.85. The fraction of sp³-hybridized carbons (Fsp3) is 0.750. The Kier molecular flexibility index (Phi) is 18.8. The van der Waals surface area contributed by atoms with Crippen LogP contribution in [0.3, 0.4) is 0 Å². The van der Waals surface area contributed by atoms with Gasteiger partial charge in [-0.3, -0.25) is 0 Å². The minimum absolute atomic E-state index is 0.0815. The van der Waals surface area contributed by atoms with Gasteiger partial charge in [-0.2, -0.15) is 43.9 Å². The molecule has 0 saturated carbocycles. The van der Waals surface area contributed by atoms with E-state index in [-0.39, 0.29) is 19.6 Å². The van der Waals surface area contributed by atoms with Crippen LogP contribution in [0, 0.1) is 0 Å². The first-order chi connectivity index (χ1) is 24.6. The summed E-state index contributed by atoms with van der Waals surface area (Å²) in [6.07, 6.45) is -15.3. The van der Waals surface area contributed by atoms with Crippen LogP contribution in [0.15, 0.2) is 36.4 Å². The Morgan fingerprint density at radius 3 is 1.48 bits per heavy atom. The van der Waals surface area contributed by atoms with Crippen LogP contribution in [0.25, 0.3) is 0 Å². The molecule has 54 heavy (non-hydrogen) atoms. The molecule has 0 aliphatic rings. The van der Waals surface area contributed by atoms with Gasteiger partial charge in [0.25, 0.3) is 0 Å². The molecule has 1 rings (SSSR count). The van der Waals surface area contributed by atoms with Crippen LogP contribution < -0.4 is 4.74 Å². The maximum absolute atomic E-state index is 14.4. The molecule has 0 N–H and O–H groups in total. The molecule has 0 unspecified atom stereocenters. The van der Waals surface area contributed by atoms with Crippen molar-refractivity contribution < 1.29 is 71.8 Å². The lowest BCUT2D eigenvalue weighted by Gasteiger charge is -2.47. The number of benzene rings is 1. The smallest absolute Gasteiger partial charge is 0.453 e. The summed E-state index contributed by atoms with van der Waals surface area (Å²) in [5.41, 5.74) is -1.48. The Balaban J connectivity index is 3.88. The number of alkyl halides is 10. The van der Waals surface area contributed by atoms with E-state index in [9.17, 15) is 48.7 Å². The average molecular weight is 831 g/mol. The zero-order valence-corrected chi connectivity index (χ0v) is 34.6. The Bertz CT molecular complexity index is 1290. The van der Waals surface area contributed by atoms with Crippen LogP contribution in [0.1, 0.15) is 80.2 Å². The number of hydrogen-bond acceptors (Lipinski definition) is 6.